The summed E-state index contributed by atoms with van der Waals surface area (Å²) in [7, 11) is 0. The second kappa shape index (κ2) is 11.6. The summed E-state index contributed by atoms with van der Waals surface area (Å²) in [6, 6.07) is 40.3. The Kier molecular flexibility index (Phi) is 7.14. The largest absolute Gasteiger partial charge is 0.309 e. The molecule has 5 heteroatoms. The first kappa shape index (κ1) is 27.8. The van der Waals surface area contributed by atoms with E-state index in [0.717, 1.165) is 85.0 Å². The quantitative estimate of drug-likeness (QED) is 0.197. The number of benzene rings is 5. The van der Waals surface area contributed by atoms with Crippen LogP contribution < -0.4 is 0 Å². The third-order valence-corrected chi connectivity index (χ3v) is 8.49. The predicted octanol–water partition coefficient (Wildman–Crippen LogP) is 9.44. The van der Waals surface area contributed by atoms with E-state index in [0.29, 0.717) is 11.1 Å². The number of nitriles is 2. The maximum atomic E-state index is 9.72. The highest BCUT2D eigenvalue weighted by atomic mass is 15.0. The summed E-state index contributed by atoms with van der Waals surface area (Å²) in [6.07, 6.45) is 5.06. The molecule has 0 amide bonds. The number of aromatic nitrogens is 3. The molecule has 0 unspecified atom stereocenters. The van der Waals surface area contributed by atoms with E-state index in [2.05, 4.69) is 107 Å². The minimum Gasteiger partial charge on any atom is -0.309 e. The molecule has 0 aliphatic carbocycles. The van der Waals surface area contributed by atoms with Crippen LogP contribution in [0.4, 0.5) is 0 Å². The standard InChI is InChI=1S/C40H29N5/c1-3-26-15-28(23-41)19-32(17-26)30-9-11-39-35(21-30)36-22-31(33-18-27(4-2)16-29(20-33)24-42)10-12-40(36)45(39)38-8-6-5-7-34(38)37-13-14-43-25-44-37/h5-22,25H,3-4H2,1-2H3. The Bertz CT molecular complexity index is 2190. The van der Waals surface area contributed by atoms with E-state index in [-0.39, 0.29) is 0 Å². The van der Waals surface area contributed by atoms with E-state index in [1.54, 1.807) is 12.5 Å². The average molecular weight is 580 g/mol. The molecule has 0 atom stereocenters. The van der Waals surface area contributed by atoms with Crippen LogP contribution in [0.2, 0.25) is 0 Å². The molecule has 0 bridgehead atoms. The van der Waals surface area contributed by atoms with Gasteiger partial charge in [-0.3, -0.25) is 0 Å². The Morgan fingerprint density at radius 3 is 1.71 bits per heavy atom. The first-order chi connectivity index (χ1) is 22.1. The zero-order valence-electron chi connectivity index (χ0n) is 25.1. The second-order valence-electron chi connectivity index (χ2n) is 11.2. The molecule has 5 aromatic carbocycles. The van der Waals surface area contributed by atoms with E-state index < -0.39 is 0 Å². The smallest absolute Gasteiger partial charge is 0.116 e. The number of para-hydroxylation sites is 1. The Balaban J connectivity index is 1.53. The van der Waals surface area contributed by atoms with Crippen LogP contribution >= 0.6 is 0 Å². The molecule has 0 radical (unpaired) electrons. The second-order valence-corrected chi connectivity index (χ2v) is 11.2. The highest BCUT2D eigenvalue weighted by Crippen LogP contribution is 2.39. The van der Waals surface area contributed by atoms with Gasteiger partial charge in [-0.05, 0) is 107 Å². The SMILES string of the molecule is CCc1cc(C#N)cc(-c2ccc3c(c2)c2cc(-c4cc(C#N)cc(CC)c4)ccc2n3-c2ccccc2-c2ccncn2)c1. The van der Waals surface area contributed by atoms with Crippen LogP contribution in [0.5, 0.6) is 0 Å². The highest BCUT2D eigenvalue weighted by molar-refractivity contribution is 6.12. The first-order valence-electron chi connectivity index (χ1n) is 15.1. The van der Waals surface area contributed by atoms with Crippen LogP contribution in [-0.4, -0.2) is 14.5 Å². The monoisotopic (exact) mass is 579 g/mol. The molecule has 7 aromatic rings. The van der Waals surface area contributed by atoms with E-state index in [1.807, 2.05) is 36.4 Å². The first-order valence-corrected chi connectivity index (χ1v) is 15.1. The third kappa shape index (κ3) is 5.01. The van der Waals surface area contributed by atoms with Gasteiger partial charge in [-0.1, -0.05) is 56.3 Å². The van der Waals surface area contributed by atoms with Crippen LogP contribution in [0.25, 0.3) is 61.0 Å². The summed E-state index contributed by atoms with van der Waals surface area (Å²) in [6.45, 7) is 4.22. The van der Waals surface area contributed by atoms with Crippen molar-refractivity contribution in [2.24, 2.45) is 0 Å². The molecule has 0 spiro atoms. The molecule has 0 saturated carbocycles. The number of nitrogens with zero attached hydrogens (tertiary/aromatic N) is 5. The van der Waals surface area contributed by atoms with Crippen molar-refractivity contribution in [3.63, 3.8) is 0 Å². The molecular formula is C40H29N5. The van der Waals surface area contributed by atoms with Crippen LogP contribution in [-0.2, 0) is 12.8 Å². The molecule has 45 heavy (non-hydrogen) atoms. The maximum Gasteiger partial charge on any atom is 0.116 e. The number of fused-ring (bicyclic) bond motifs is 3. The highest BCUT2D eigenvalue weighted by Gasteiger charge is 2.18. The van der Waals surface area contributed by atoms with E-state index >= 15 is 0 Å². The van der Waals surface area contributed by atoms with Gasteiger partial charge in [0.1, 0.15) is 6.33 Å². The fourth-order valence-electron chi connectivity index (χ4n) is 6.23. The molecule has 0 aliphatic heterocycles. The van der Waals surface area contributed by atoms with Crippen molar-refractivity contribution in [2.45, 2.75) is 26.7 Å². The lowest BCUT2D eigenvalue weighted by Gasteiger charge is -2.14. The van der Waals surface area contributed by atoms with Gasteiger partial charge in [-0.2, -0.15) is 10.5 Å². The molecule has 0 fully saturated rings. The molecule has 214 valence electrons. The minimum atomic E-state index is 0.664. The number of rotatable bonds is 6. The van der Waals surface area contributed by atoms with Gasteiger partial charge in [0.25, 0.3) is 0 Å². The van der Waals surface area contributed by atoms with Gasteiger partial charge >= 0.3 is 0 Å². The Labute approximate surface area is 262 Å². The fraction of sp³-hybridized carbons (Fsp3) is 0.100. The van der Waals surface area contributed by atoms with Gasteiger partial charge in [0.05, 0.1) is 45.7 Å². The molecule has 5 nitrogen and oxygen atoms in total. The summed E-state index contributed by atoms with van der Waals surface area (Å²) < 4.78 is 2.31. The summed E-state index contributed by atoms with van der Waals surface area (Å²) in [5.74, 6) is 0. The van der Waals surface area contributed by atoms with Crippen molar-refractivity contribution in [2.75, 3.05) is 0 Å². The van der Waals surface area contributed by atoms with Gasteiger partial charge in [0.2, 0.25) is 0 Å². The molecule has 0 N–H and O–H groups in total. The molecule has 2 aromatic heterocycles. The van der Waals surface area contributed by atoms with E-state index in [4.69, 9.17) is 0 Å². The van der Waals surface area contributed by atoms with Crippen LogP contribution in [0.1, 0.15) is 36.1 Å². The van der Waals surface area contributed by atoms with Crippen molar-refractivity contribution in [1.29, 1.82) is 10.5 Å². The summed E-state index contributed by atoms with van der Waals surface area (Å²) in [5, 5.41) is 21.7. The molecule has 0 aliphatic rings. The van der Waals surface area contributed by atoms with Gasteiger partial charge in [0, 0.05) is 22.5 Å². The molecule has 2 heterocycles. The van der Waals surface area contributed by atoms with Crippen molar-refractivity contribution in [1.82, 2.24) is 14.5 Å². The Morgan fingerprint density at radius 2 is 1.20 bits per heavy atom. The van der Waals surface area contributed by atoms with E-state index in [9.17, 15) is 10.5 Å². The average Bonchev–Trinajstić information content (AvgIpc) is 3.44. The van der Waals surface area contributed by atoms with Gasteiger partial charge in [-0.25, -0.2) is 9.97 Å². The third-order valence-electron chi connectivity index (χ3n) is 8.49. The number of aryl methyl sites for hydroxylation is 2. The summed E-state index contributed by atoms with van der Waals surface area (Å²) in [5.41, 5.74) is 12.8. The lowest BCUT2D eigenvalue weighted by atomic mass is 9.96. The maximum absolute atomic E-state index is 9.72. The summed E-state index contributed by atoms with van der Waals surface area (Å²) >= 11 is 0. The lowest BCUT2D eigenvalue weighted by molar-refractivity contribution is 1.14. The zero-order valence-corrected chi connectivity index (χ0v) is 25.1. The topological polar surface area (TPSA) is 78.3 Å². The number of hydrogen-bond donors (Lipinski definition) is 0. The van der Waals surface area contributed by atoms with Gasteiger partial charge < -0.3 is 4.57 Å². The van der Waals surface area contributed by atoms with Crippen LogP contribution in [0, 0.1) is 22.7 Å². The summed E-state index contributed by atoms with van der Waals surface area (Å²) in [4.78, 5) is 8.71. The zero-order chi connectivity index (χ0) is 30.9. The van der Waals surface area contributed by atoms with Crippen LogP contribution in [0.3, 0.4) is 0 Å². The molecular weight excluding hydrogens is 550 g/mol. The molecule has 0 saturated heterocycles. The van der Waals surface area contributed by atoms with Crippen molar-refractivity contribution in [3.05, 3.63) is 138 Å². The number of hydrogen-bond acceptors (Lipinski definition) is 4. The Morgan fingerprint density at radius 1 is 0.622 bits per heavy atom. The van der Waals surface area contributed by atoms with Crippen molar-refractivity contribution >= 4 is 21.8 Å². The van der Waals surface area contributed by atoms with Crippen molar-refractivity contribution in [3.8, 4) is 51.3 Å². The molecule has 7 rings (SSSR count). The van der Waals surface area contributed by atoms with E-state index in [1.165, 1.54) is 0 Å². The Hall–Kier alpha value is -6.04. The fourth-order valence-corrected chi connectivity index (χ4v) is 6.23. The lowest BCUT2D eigenvalue weighted by Crippen LogP contribution is -1.98. The predicted molar refractivity (Wildman–Crippen MR) is 181 cm³/mol. The van der Waals surface area contributed by atoms with Gasteiger partial charge in [0.15, 0.2) is 0 Å². The van der Waals surface area contributed by atoms with Gasteiger partial charge in [-0.15, -0.1) is 0 Å². The minimum absolute atomic E-state index is 0.664. The normalized spacial score (nSPS) is 11.0. The van der Waals surface area contributed by atoms with Crippen LogP contribution in [0.15, 0.2) is 116 Å². The van der Waals surface area contributed by atoms with Crippen molar-refractivity contribution < 1.29 is 0 Å².